The zero-order chi connectivity index (χ0) is 23.9. The lowest BCUT2D eigenvalue weighted by Gasteiger charge is -2.19. The molecule has 0 amide bonds. The van der Waals surface area contributed by atoms with Crippen LogP contribution in [0.15, 0.2) is 120 Å². The first-order valence-electron chi connectivity index (χ1n) is 11.8. The molecule has 0 unspecified atom stereocenters. The second-order valence-electron chi connectivity index (χ2n) is 8.63. The van der Waals surface area contributed by atoms with Crippen molar-refractivity contribution in [2.24, 2.45) is 0 Å². The summed E-state index contributed by atoms with van der Waals surface area (Å²) in [4.78, 5) is 4.52. The van der Waals surface area contributed by atoms with Crippen LogP contribution in [0.5, 0.6) is 0 Å². The molecule has 0 saturated heterocycles. The molecule has 0 radical (unpaired) electrons. The molecule has 172 valence electrons. The molecule has 1 aliphatic rings. The first kappa shape index (κ1) is 20.3. The summed E-state index contributed by atoms with van der Waals surface area (Å²) in [6.45, 7) is 0. The van der Waals surface area contributed by atoms with Gasteiger partial charge in [-0.15, -0.1) is 0 Å². The van der Waals surface area contributed by atoms with E-state index in [1.54, 1.807) is 6.20 Å². The van der Waals surface area contributed by atoms with Gasteiger partial charge in [0, 0.05) is 23.3 Å². The number of furan rings is 1. The molecular weight excluding hydrogens is 446 g/mol. The average molecular weight is 468 g/mol. The Morgan fingerprint density at radius 1 is 0.694 bits per heavy atom. The second kappa shape index (κ2) is 8.29. The third-order valence-corrected chi connectivity index (χ3v) is 6.34. The number of rotatable bonds is 4. The van der Waals surface area contributed by atoms with E-state index in [0.29, 0.717) is 0 Å². The Labute approximate surface area is 207 Å². The van der Waals surface area contributed by atoms with Crippen LogP contribution in [0.1, 0.15) is 11.1 Å². The van der Waals surface area contributed by atoms with E-state index in [2.05, 4.69) is 52.0 Å². The summed E-state index contributed by atoms with van der Waals surface area (Å²) in [5.41, 5.74) is 8.57. The first-order valence-corrected chi connectivity index (χ1v) is 11.8. The van der Waals surface area contributed by atoms with Gasteiger partial charge < -0.3 is 15.1 Å². The molecule has 3 aromatic heterocycles. The van der Waals surface area contributed by atoms with Gasteiger partial charge >= 0.3 is 0 Å². The molecule has 0 saturated carbocycles. The van der Waals surface area contributed by atoms with Crippen molar-refractivity contribution in [1.29, 1.82) is 0 Å². The van der Waals surface area contributed by atoms with Gasteiger partial charge in [-0.1, -0.05) is 72.8 Å². The number of nitrogens with one attached hydrogen (secondary N) is 2. The van der Waals surface area contributed by atoms with Crippen LogP contribution in [0.3, 0.4) is 0 Å². The van der Waals surface area contributed by atoms with E-state index < -0.39 is 0 Å². The van der Waals surface area contributed by atoms with Gasteiger partial charge in [0.05, 0.1) is 23.3 Å². The Kier molecular flexibility index (Phi) is 4.67. The summed E-state index contributed by atoms with van der Waals surface area (Å²) in [5, 5.41) is 12.7. The summed E-state index contributed by atoms with van der Waals surface area (Å²) in [7, 11) is 0. The largest absolute Gasteiger partial charge is 0.454 e. The van der Waals surface area contributed by atoms with Crippen molar-refractivity contribution in [2.45, 2.75) is 0 Å². The first-order chi connectivity index (χ1) is 17.8. The van der Waals surface area contributed by atoms with Crippen molar-refractivity contribution < 1.29 is 4.42 Å². The van der Waals surface area contributed by atoms with Gasteiger partial charge in [-0.05, 0) is 35.4 Å². The molecule has 6 nitrogen and oxygen atoms in total. The summed E-state index contributed by atoms with van der Waals surface area (Å²) in [6, 6.07) is 32.6. The molecule has 36 heavy (non-hydrogen) atoms. The molecule has 1 aliphatic heterocycles. The number of imidazole rings is 1. The minimum Gasteiger partial charge on any atom is -0.454 e. The van der Waals surface area contributed by atoms with Crippen LogP contribution in [0.25, 0.3) is 50.7 Å². The third kappa shape index (κ3) is 3.52. The van der Waals surface area contributed by atoms with Crippen LogP contribution in [0, 0.1) is 0 Å². The SMILES string of the molecule is C1=C(c2ccccc2)NC(c2ccc(-c3ccc4ncc(-c5cc6ccccc6o5)n4n3)cc2)=CN1. The lowest BCUT2D eigenvalue weighted by atomic mass is 10.1. The fourth-order valence-corrected chi connectivity index (χ4v) is 4.48. The number of hydrogen-bond acceptors (Lipinski definition) is 5. The van der Waals surface area contributed by atoms with Gasteiger partial charge in [0.2, 0.25) is 0 Å². The van der Waals surface area contributed by atoms with Crippen molar-refractivity contribution >= 4 is 28.0 Å². The van der Waals surface area contributed by atoms with Gasteiger partial charge in [0.1, 0.15) is 11.3 Å². The standard InChI is InChI=1S/C30H21N5O/c1-2-6-20(7-3-1)25-17-31-18-26(33-25)22-12-10-21(11-13-22)24-14-15-30-32-19-27(35(30)34-24)29-16-23-8-4-5-9-28(23)36-29/h1-19,31,33H. The fourth-order valence-electron chi connectivity index (χ4n) is 4.48. The maximum Gasteiger partial charge on any atom is 0.155 e. The molecule has 6 aromatic rings. The van der Waals surface area contributed by atoms with Gasteiger partial charge in [0.25, 0.3) is 0 Å². The van der Waals surface area contributed by atoms with E-state index in [-0.39, 0.29) is 0 Å². The van der Waals surface area contributed by atoms with Crippen LogP contribution in [0.2, 0.25) is 0 Å². The second-order valence-corrected chi connectivity index (χ2v) is 8.63. The van der Waals surface area contributed by atoms with Crippen LogP contribution < -0.4 is 10.6 Å². The van der Waals surface area contributed by atoms with Gasteiger partial charge in [0.15, 0.2) is 11.4 Å². The Morgan fingerprint density at radius 2 is 1.42 bits per heavy atom. The lowest BCUT2D eigenvalue weighted by Crippen LogP contribution is -2.19. The van der Waals surface area contributed by atoms with E-state index in [1.165, 1.54) is 0 Å². The Hall–Kier alpha value is -5.10. The van der Waals surface area contributed by atoms with E-state index >= 15 is 0 Å². The van der Waals surface area contributed by atoms with E-state index in [1.807, 2.05) is 77.6 Å². The number of hydrogen-bond donors (Lipinski definition) is 2. The molecule has 0 fully saturated rings. The van der Waals surface area contributed by atoms with Gasteiger partial charge in [-0.2, -0.15) is 5.10 Å². The zero-order valence-corrected chi connectivity index (χ0v) is 19.2. The predicted octanol–water partition coefficient (Wildman–Crippen LogP) is 6.30. The van der Waals surface area contributed by atoms with Gasteiger partial charge in [-0.25, -0.2) is 9.50 Å². The monoisotopic (exact) mass is 467 g/mol. The highest BCUT2D eigenvalue weighted by molar-refractivity contribution is 5.83. The minimum absolute atomic E-state index is 0.744. The normalized spacial score (nSPS) is 13.2. The quantitative estimate of drug-likeness (QED) is 0.319. The van der Waals surface area contributed by atoms with Crippen molar-refractivity contribution in [3.63, 3.8) is 0 Å². The summed E-state index contributed by atoms with van der Waals surface area (Å²) < 4.78 is 7.91. The molecule has 7 rings (SSSR count). The van der Waals surface area contributed by atoms with E-state index in [9.17, 15) is 0 Å². The number of nitrogens with zero attached hydrogens (tertiary/aromatic N) is 3. The van der Waals surface area contributed by atoms with Gasteiger partial charge in [-0.3, -0.25) is 0 Å². The highest BCUT2D eigenvalue weighted by atomic mass is 16.3. The number of aromatic nitrogens is 3. The maximum atomic E-state index is 6.07. The van der Waals surface area contributed by atoms with Crippen molar-refractivity contribution in [3.8, 4) is 22.7 Å². The molecule has 2 N–H and O–H groups in total. The molecule has 0 bridgehead atoms. The number of fused-ring (bicyclic) bond motifs is 2. The van der Waals surface area contributed by atoms with Crippen molar-refractivity contribution in [1.82, 2.24) is 25.2 Å². The van der Waals surface area contributed by atoms with Crippen molar-refractivity contribution in [3.05, 3.63) is 127 Å². The number of para-hydroxylation sites is 1. The Bertz CT molecular complexity index is 1740. The molecule has 3 aromatic carbocycles. The Balaban J connectivity index is 1.18. The molecule has 0 spiro atoms. The average Bonchev–Trinajstić information content (AvgIpc) is 3.57. The molecule has 0 atom stereocenters. The highest BCUT2D eigenvalue weighted by Gasteiger charge is 2.14. The smallest absolute Gasteiger partial charge is 0.155 e. The lowest BCUT2D eigenvalue weighted by molar-refractivity contribution is 0.625. The summed E-state index contributed by atoms with van der Waals surface area (Å²) in [6.07, 6.45) is 5.74. The minimum atomic E-state index is 0.744. The molecule has 4 heterocycles. The summed E-state index contributed by atoms with van der Waals surface area (Å²) in [5.74, 6) is 0.744. The maximum absolute atomic E-state index is 6.07. The molecule has 0 aliphatic carbocycles. The van der Waals surface area contributed by atoms with Crippen LogP contribution in [-0.4, -0.2) is 14.6 Å². The highest BCUT2D eigenvalue weighted by Crippen LogP contribution is 2.29. The topological polar surface area (TPSA) is 67.4 Å². The predicted molar refractivity (Wildman–Crippen MR) is 142 cm³/mol. The van der Waals surface area contributed by atoms with Crippen LogP contribution >= 0.6 is 0 Å². The molecule has 6 heteroatoms. The van der Waals surface area contributed by atoms with Crippen molar-refractivity contribution in [2.75, 3.05) is 0 Å². The summed E-state index contributed by atoms with van der Waals surface area (Å²) >= 11 is 0. The van der Waals surface area contributed by atoms with Crippen LogP contribution in [-0.2, 0) is 0 Å². The third-order valence-electron chi connectivity index (χ3n) is 6.34. The molecular formula is C30H21N5O. The Morgan fingerprint density at radius 3 is 2.22 bits per heavy atom. The van der Waals surface area contributed by atoms with Crippen LogP contribution in [0.4, 0.5) is 0 Å². The fraction of sp³-hybridized carbons (Fsp3) is 0. The van der Waals surface area contributed by atoms with E-state index in [0.717, 1.165) is 61.8 Å². The zero-order valence-electron chi connectivity index (χ0n) is 19.2. The van der Waals surface area contributed by atoms with E-state index in [4.69, 9.17) is 9.52 Å². The number of benzene rings is 3.